The fourth-order valence-corrected chi connectivity index (χ4v) is 4.28. The fourth-order valence-electron chi connectivity index (χ4n) is 4.10. The number of hydrogen-bond acceptors (Lipinski definition) is 6. The van der Waals surface area contributed by atoms with Crippen molar-refractivity contribution in [1.82, 2.24) is 0 Å². The topological polar surface area (TPSA) is 88.4 Å². The maximum absolute atomic E-state index is 10.7. The van der Waals surface area contributed by atoms with Crippen LogP contribution < -0.4 is 4.74 Å². The Morgan fingerprint density at radius 2 is 1.83 bits per heavy atom. The van der Waals surface area contributed by atoms with Crippen molar-refractivity contribution in [3.8, 4) is 5.75 Å². The molecule has 2 fully saturated rings. The Bertz CT molecular complexity index is 887. The molecule has 2 saturated heterocycles. The highest BCUT2D eigenvalue weighted by atomic mass is 35.5. The summed E-state index contributed by atoms with van der Waals surface area (Å²) in [6.45, 7) is 4.13. The predicted molar refractivity (Wildman–Crippen MR) is 107 cm³/mol. The van der Waals surface area contributed by atoms with E-state index in [1.807, 2.05) is 37.3 Å². The molecule has 3 N–H and O–H groups in total. The summed E-state index contributed by atoms with van der Waals surface area (Å²) in [5.74, 6) is -0.572. The summed E-state index contributed by atoms with van der Waals surface area (Å²) in [5, 5.41) is 31.9. The number of aliphatic hydroxyl groups is 3. The lowest BCUT2D eigenvalue weighted by molar-refractivity contribution is -0.313. The smallest absolute Gasteiger partial charge is 0.195 e. The SMILES string of the molecule is CCOc1ccc(Cc2cc([C@]34CO[C@](C)(O3)[C@@H](O)[C@H](O)[C@H]4O)ccc2Cl)cc1. The molecule has 4 rings (SSSR count). The van der Waals surface area contributed by atoms with Gasteiger partial charge in [0.15, 0.2) is 5.79 Å². The molecule has 0 unspecified atom stereocenters. The van der Waals surface area contributed by atoms with Gasteiger partial charge >= 0.3 is 0 Å². The minimum Gasteiger partial charge on any atom is -0.494 e. The highest BCUT2D eigenvalue weighted by molar-refractivity contribution is 6.31. The van der Waals surface area contributed by atoms with E-state index in [4.69, 9.17) is 25.8 Å². The molecule has 5 atom stereocenters. The Balaban J connectivity index is 1.65. The lowest BCUT2D eigenvalue weighted by Crippen LogP contribution is -2.63. The van der Waals surface area contributed by atoms with Gasteiger partial charge in [-0.25, -0.2) is 0 Å². The van der Waals surface area contributed by atoms with Crippen LogP contribution in [0.1, 0.15) is 30.5 Å². The summed E-state index contributed by atoms with van der Waals surface area (Å²) in [4.78, 5) is 0. The molecule has 0 saturated carbocycles. The number of fused-ring (bicyclic) bond motifs is 2. The first kappa shape index (κ1) is 20.6. The van der Waals surface area contributed by atoms with E-state index in [9.17, 15) is 15.3 Å². The van der Waals surface area contributed by atoms with Gasteiger partial charge in [0.25, 0.3) is 0 Å². The zero-order valence-electron chi connectivity index (χ0n) is 16.3. The second-order valence-corrected chi connectivity index (χ2v) is 8.14. The van der Waals surface area contributed by atoms with Gasteiger partial charge in [0.1, 0.15) is 29.7 Å². The third kappa shape index (κ3) is 3.44. The fraction of sp³-hybridized carbons (Fsp3) is 0.455. The lowest BCUT2D eigenvalue weighted by Gasteiger charge is -2.45. The number of hydrogen-bond donors (Lipinski definition) is 3. The highest BCUT2D eigenvalue weighted by Gasteiger charge is 2.65. The third-order valence-corrected chi connectivity index (χ3v) is 6.15. The van der Waals surface area contributed by atoms with Crippen LogP contribution in [0.2, 0.25) is 5.02 Å². The standard InChI is InChI=1S/C22H25ClO6/c1-3-27-16-7-4-13(5-8-16)10-14-11-15(6-9-17(14)23)22-12-28-21(2,29-22)19(25)18(24)20(22)26/h4-9,11,18-20,24-26H,3,10,12H2,1-2H3/t18-,19-,20+,21+,22-/m0/s1. The average molecular weight is 421 g/mol. The monoisotopic (exact) mass is 420 g/mol. The minimum absolute atomic E-state index is 0.0168. The molecular weight excluding hydrogens is 396 g/mol. The summed E-state index contributed by atoms with van der Waals surface area (Å²) in [6, 6.07) is 13.2. The largest absolute Gasteiger partial charge is 0.494 e. The minimum atomic E-state index is -1.39. The normalized spacial score (nSPS) is 33.7. The molecule has 2 bridgehead atoms. The van der Waals surface area contributed by atoms with Crippen molar-refractivity contribution in [2.24, 2.45) is 0 Å². The quantitative estimate of drug-likeness (QED) is 0.688. The van der Waals surface area contributed by atoms with Crippen LogP contribution in [0.3, 0.4) is 0 Å². The van der Waals surface area contributed by atoms with Crippen molar-refractivity contribution < 1.29 is 29.5 Å². The molecule has 2 aromatic rings. The number of aliphatic hydroxyl groups excluding tert-OH is 3. The Hall–Kier alpha value is -1.67. The molecule has 0 amide bonds. The highest BCUT2D eigenvalue weighted by Crippen LogP contribution is 2.49. The van der Waals surface area contributed by atoms with Crippen molar-refractivity contribution in [1.29, 1.82) is 0 Å². The molecular formula is C22H25ClO6. The summed E-state index contributed by atoms with van der Waals surface area (Å²) in [7, 11) is 0. The van der Waals surface area contributed by atoms with Crippen molar-refractivity contribution in [2.45, 2.75) is 50.0 Å². The molecule has 2 heterocycles. The van der Waals surface area contributed by atoms with Gasteiger partial charge < -0.3 is 29.5 Å². The van der Waals surface area contributed by atoms with E-state index in [1.165, 1.54) is 0 Å². The van der Waals surface area contributed by atoms with E-state index in [0.717, 1.165) is 16.9 Å². The molecule has 0 aliphatic carbocycles. The van der Waals surface area contributed by atoms with Crippen LogP contribution in [-0.2, 0) is 21.5 Å². The van der Waals surface area contributed by atoms with Crippen LogP contribution in [0, 0.1) is 0 Å². The van der Waals surface area contributed by atoms with Crippen LogP contribution in [0.25, 0.3) is 0 Å². The Labute approximate surface area is 174 Å². The molecule has 2 aliphatic heterocycles. The van der Waals surface area contributed by atoms with Gasteiger partial charge in [0.05, 0.1) is 13.2 Å². The summed E-state index contributed by atoms with van der Waals surface area (Å²) >= 11 is 6.43. The van der Waals surface area contributed by atoms with E-state index >= 15 is 0 Å². The number of ether oxygens (including phenoxy) is 3. The zero-order valence-corrected chi connectivity index (χ0v) is 17.1. The van der Waals surface area contributed by atoms with E-state index in [2.05, 4.69) is 0 Å². The molecule has 6 nitrogen and oxygen atoms in total. The van der Waals surface area contributed by atoms with Crippen LogP contribution >= 0.6 is 11.6 Å². The molecule has 0 aromatic heterocycles. The third-order valence-electron chi connectivity index (χ3n) is 5.78. The number of benzene rings is 2. The van der Waals surface area contributed by atoms with Crippen LogP contribution in [0.4, 0.5) is 0 Å². The Morgan fingerprint density at radius 3 is 2.52 bits per heavy atom. The van der Waals surface area contributed by atoms with Gasteiger partial charge in [-0.05, 0) is 55.2 Å². The maximum Gasteiger partial charge on any atom is 0.195 e. The van der Waals surface area contributed by atoms with Crippen molar-refractivity contribution in [3.63, 3.8) is 0 Å². The van der Waals surface area contributed by atoms with Gasteiger partial charge in [-0.2, -0.15) is 0 Å². The summed E-state index contributed by atoms with van der Waals surface area (Å²) in [6.07, 6.45) is -3.49. The maximum atomic E-state index is 10.7. The average Bonchev–Trinajstić information content (AvgIpc) is 3.06. The zero-order chi connectivity index (χ0) is 20.8. The lowest BCUT2D eigenvalue weighted by atomic mass is 9.80. The van der Waals surface area contributed by atoms with Gasteiger partial charge in [-0.15, -0.1) is 0 Å². The van der Waals surface area contributed by atoms with E-state index < -0.39 is 29.7 Å². The molecule has 29 heavy (non-hydrogen) atoms. The second kappa shape index (κ2) is 7.54. The number of halogens is 1. The van der Waals surface area contributed by atoms with Gasteiger partial charge in [0, 0.05) is 5.02 Å². The van der Waals surface area contributed by atoms with E-state index in [-0.39, 0.29) is 6.61 Å². The second-order valence-electron chi connectivity index (χ2n) is 7.74. The van der Waals surface area contributed by atoms with E-state index in [0.29, 0.717) is 23.6 Å². The summed E-state index contributed by atoms with van der Waals surface area (Å²) < 4.78 is 17.1. The molecule has 0 radical (unpaired) electrons. The summed E-state index contributed by atoms with van der Waals surface area (Å²) in [5.41, 5.74) is 1.28. The predicted octanol–water partition coefficient (Wildman–Crippen LogP) is 2.38. The van der Waals surface area contributed by atoms with Crippen molar-refractivity contribution in [3.05, 3.63) is 64.2 Å². The van der Waals surface area contributed by atoms with Crippen LogP contribution in [0.5, 0.6) is 5.75 Å². The van der Waals surface area contributed by atoms with Gasteiger partial charge in [-0.1, -0.05) is 35.9 Å². The Morgan fingerprint density at radius 1 is 1.10 bits per heavy atom. The van der Waals surface area contributed by atoms with Crippen molar-refractivity contribution >= 4 is 11.6 Å². The first-order valence-electron chi connectivity index (χ1n) is 9.68. The van der Waals surface area contributed by atoms with Gasteiger partial charge in [0.2, 0.25) is 0 Å². The van der Waals surface area contributed by atoms with E-state index in [1.54, 1.807) is 19.1 Å². The molecule has 2 aliphatic rings. The van der Waals surface area contributed by atoms with Crippen molar-refractivity contribution in [2.75, 3.05) is 13.2 Å². The first-order chi connectivity index (χ1) is 13.8. The first-order valence-corrected chi connectivity index (χ1v) is 10.1. The van der Waals surface area contributed by atoms with Crippen LogP contribution in [-0.4, -0.2) is 52.6 Å². The van der Waals surface area contributed by atoms with Gasteiger partial charge in [-0.3, -0.25) is 0 Å². The molecule has 156 valence electrons. The molecule has 7 heteroatoms. The Kier molecular flexibility index (Phi) is 5.36. The van der Waals surface area contributed by atoms with Crippen LogP contribution in [0.15, 0.2) is 42.5 Å². The number of rotatable bonds is 5. The molecule has 0 spiro atoms. The molecule has 2 aromatic carbocycles.